The zero-order valence-electron chi connectivity index (χ0n) is 13.8. The van der Waals surface area contributed by atoms with Gasteiger partial charge in [-0.2, -0.15) is 5.10 Å². The molecule has 0 atom stereocenters. The first-order valence-corrected chi connectivity index (χ1v) is 7.81. The van der Waals surface area contributed by atoms with E-state index in [1.807, 2.05) is 19.1 Å². The zero-order chi connectivity index (χ0) is 17.7. The summed E-state index contributed by atoms with van der Waals surface area (Å²) >= 11 is 11.9. The van der Waals surface area contributed by atoms with E-state index >= 15 is 0 Å². The molecule has 24 heavy (non-hydrogen) atoms. The van der Waals surface area contributed by atoms with Gasteiger partial charge in [0.05, 0.1) is 42.8 Å². The average molecular weight is 369 g/mol. The molecule has 128 valence electrons. The Morgan fingerprint density at radius 1 is 0.917 bits per heavy atom. The van der Waals surface area contributed by atoms with Gasteiger partial charge in [0.1, 0.15) is 0 Å². The van der Waals surface area contributed by atoms with E-state index in [4.69, 9.17) is 37.4 Å². The molecule has 2 aromatic carbocycles. The van der Waals surface area contributed by atoms with Gasteiger partial charge in [-0.3, -0.25) is 5.43 Å². The van der Waals surface area contributed by atoms with E-state index in [2.05, 4.69) is 10.5 Å². The summed E-state index contributed by atoms with van der Waals surface area (Å²) in [7, 11) is 4.70. The molecule has 0 heterocycles. The summed E-state index contributed by atoms with van der Waals surface area (Å²) in [6, 6.07) is 8.86. The van der Waals surface area contributed by atoms with Gasteiger partial charge in [0, 0.05) is 5.56 Å². The number of ether oxygens (including phenoxy) is 3. The van der Waals surface area contributed by atoms with Gasteiger partial charge in [0.15, 0.2) is 11.5 Å². The number of hydrazone groups is 1. The summed E-state index contributed by atoms with van der Waals surface area (Å²) in [5, 5.41) is 5.31. The van der Waals surface area contributed by atoms with Crippen LogP contribution in [-0.2, 0) is 0 Å². The first kappa shape index (κ1) is 18.2. The Morgan fingerprint density at radius 3 is 2.04 bits per heavy atom. The predicted molar refractivity (Wildman–Crippen MR) is 98.4 cm³/mol. The van der Waals surface area contributed by atoms with Crippen LogP contribution in [0, 0.1) is 0 Å². The van der Waals surface area contributed by atoms with Gasteiger partial charge < -0.3 is 14.2 Å². The van der Waals surface area contributed by atoms with E-state index in [0.717, 1.165) is 17.0 Å². The number of benzene rings is 2. The quantitative estimate of drug-likeness (QED) is 0.584. The molecule has 0 amide bonds. The van der Waals surface area contributed by atoms with Gasteiger partial charge in [-0.1, -0.05) is 23.2 Å². The van der Waals surface area contributed by atoms with Gasteiger partial charge in [-0.25, -0.2) is 0 Å². The number of nitrogens with one attached hydrogen (secondary N) is 1. The smallest absolute Gasteiger partial charge is 0.203 e. The molecule has 1 N–H and O–H groups in total. The van der Waals surface area contributed by atoms with Crippen molar-refractivity contribution in [1.82, 2.24) is 0 Å². The topological polar surface area (TPSA) is 52.1 Å². The van der Waals surface area contributed by atoms with Gasteiger partial charge >= 0.3 is 0 Å². The number of anilines is 1. The number of methoxy groups -OCH3 is 3. The fourth-order valence-electron chi connectivity index (χ4n) is 2.07. The van der Waals surface area contributed by atoms with E-state index in [0.29, 0.717) is 27.3 Å². The predicted octanol–water partition coefficient (Wildman–Crippen LogP) is 4.86. The highest BCUT2D eigenvalue weighted by Gasteiger charge is 2.14. The van der Waals surface area contributed by atoms with Crippen molar-refractivity contribution in [2.45, 2.75) is 6.92 Å². The number of nitrogens with zero attached hydrogens (tertiary/aromatic N) is 1. The molecule has 0 radical (unpaired) electrons. The second-order valence-corrected chi connectivity index (χ2v) is 5.67. The van der Waals surface area contributed by atoms with Crippen LogP contribution in [0.3, 0.4) is 0 Å². The van der Waals surface area contributed by atoms with Crippen molar-refractivity contribution in [3.05, 3.63) is 45.9 Å². The Morgan fingerprint density at radius 2 is 1.54 bits per heavy atom. The maximum Gasteiger partial charge on any atom is 0.203 e. The van der Waals surface area contributed by atoms with Crippen LogP contribution in [0.1, 0.15) is 12.5 Å². The number of hydrogen-bond donors (Lipinski definition) is 1. The van der Waals surface area contributed by atoms with Gasteiger partial charge in [-0.05, 0) is 37.3 Å². The molecule has 0 fully saturated rings. The third-order valence-corrected chi connectivity index (χ3v) is 4.09. The molecule has 2 rings (SSSR count). The SMILES string of the molecule is COc1cc(/C(C)=N\Nc2ccc(Cl)c(Cl)c2)cc(OC)c1OC. The fourth-order valence-corrected chi connectivity index (χ4v) is 2.37. The minimum atomic E-state index is 0.460. The second-order valence-electron chi connectivity index (χ2n) is 4.85. The summed E-state index contributed by atoms with van der Waals surface area (Å²) in [5.41, 5.74) is 5.25. The lowest BCUT2D eigenvalue weighted by atomic mass is 10.1. The van der Waals surface area contributed by atoms with Crippen molar-refractivity contribution in [1.29, 1.82) is 0 Å². The van der Waals surface area contributed by atoms with Crippen LogP contribution < -0.4 is 19.6 Å². The van der Waals surface area contributed by atoms with Gasteiger partial charge in [0.2, 0.25) is 5.75 Å². The molecule has 0 saturated heterocycles. The highest BCUT2D eigenvalue weighted by Crippen LogP contribution is 2.38. The molecule has 7 heteroatoms. The van der Waals surface area contributed by atoms with Crippen molar-refractivity contribution in [2.24, 2.45) is 5.10 Å². The minimum Gasteiger partial charge on any atom is -0.493 e. The van der Waals surface area contributed by atoms with Crippen LogP contribution in [0.2, 0.25) is 10.0 Å². The molecular formula is C17H18Cl2N2O3. The maximum absolute atomic E-state index is 5.99. The fraction of sp³-hybridized carbons (Fsp3) is 0.235. The van der Waals surface area contributed by atoms with Crippen LogP contribution in [0.5, 0.6) is 17.2 Å². The van der Waals surface area contributed by atoms with Crippen molar-refractivity contribution < 1.29 is 14.2 Å². The number of rotatable bonds is 6. The Balaban J connectivity index is 2.30. The Kier molecular flexibility index (Phi) is 6.17. The molecule has 0 spiro atoms. The van der Waals surface area contributed by atoms with E-state index < -0.39 is 0 Å². The molecular weight excluding hydrogens is 351 g/mol. The zero-order valence-corrected chi connectivity index (χ0v) is 15.3. The monoisotopic (exact) mass is 368 g/mol. The number of hydrogen-bond acceptors (Lipinski definition) is 5. The van der Waals surface area contributed by atoms with Crippen molar-refractivity contribution >= 4 is 34.6 Å². The van der Waals surface area contributed by atoms with E-state index in [-0.39, 0.29) is 0 Å². The molecule has 2 aromatic rings. The van der Waals surface area contributed by atoms with Gasteiger partial charge in [-0.15, -0.1) is 0 Å². The Labute approximate surface area is 151 Å². The molecule has 0 aliphatic heterocycles. The van der Waals surface area contributed by atoms with Crippen LogP contribution in [-0.4, -0.2) is 27.0 Å². The maximum atomic E-state index is 5.99. The molecule has 0 unspecified atom stereocenters. The van der Waals surface area contributed by atoms with Crippen molar-refractivity contribution in [2.75, 3.05) is 26.8 Å². The van der Waals surface area contributed by atoms with E-state index in [1.54, 1.807) is 39.5 Å². The highest BCUT2D eigenvalue weighted by atomic mass is 35.5. The number of halogens is 2. The van der Waals surface area contributed by atoms with Crippen LogP contribution in [0.4, 0.5) is 5.69 Å². The second kappa shape index (κ2) is 8.13. The Hall–Kier alpha value is -2.11. The van der Waals surface area contributed by atoms with E-state index in [1.165, 1.54) is 0 Å². The average Bonchev–Trinajstić information content (AvgIpc) is 2.60. The van der Waals surface area contributed by atoms with Gasteiger partial charge in [0.25, 0.3) is 0 Å². The standard InChI is InChI=1S/C17H18Cl2N2O3/c1-10(20-21-12-5-6-13(18)14(19)9-12)11-7-15(22-2)17(24-4)16(8-11)23-3/h5-9,21H,1-4H3/b20-10-. The van der Waals surface area contributed by atoms with Crippen LogP contribution in [0.25, 0.3) is 0 Å². The lowest BCUT2D eigenvalue weighted by Crippen LogP contribution is -2.03. The first-order valence-electron chi connectivity index (χ1n) is 7.06. The lowest BCUT2D eigenvalue weighted by Gasteiger charge is -2.14. The Bertz CT molecular complexity index is 738. The summed E-state index contributed by atoms with van der Waals surface area (Å²) in [6.45, 7) is 1.87. The largest absolute Gasteiger partial charge is 0.493 e. The van der Waals surface area contributed by atoms with E-state index in [9.17, 15) is 0 Å². The summed E-state index contributed by atoms with van der Waals surface area (Å²) < 4.78 is 16.0. The summed E-state index contributed by atoms with van der Waals surface area (Å²) in [6.07, 6.45) is 0. The molecule has 0 aliphatic rings. The van der Waals surface area contributed by atoms with Crippen molar-refractivity contribution in [3.8, 4) is 17.2 Å². The minimum absolute atomic E-state index is 0.460. The molecule has 0 bridgehead atoms. The molecule has 0 aromatic heterocycles. The van der Waals surface area contributed by atoms with Crippen LogP contribution in [0.15, 0.2) is 35.4 Å². The summed E-state index contributed by atoms with van der Waals surface area (Å²) in [5.74, 6) is 1.67. The molecule has 0 saturated carbocycles. The summed E-state index contributed by atoms with van der Waals surface area (Å²) in [4.78, 5) is 0. The third-order valence-electron chi connectivity index (χ3n) is 3.35. The normalized spacial score (nSPS) is 11.2. The third kappa shape index (κ3) is 4.04. The lowest BCUT2D eigenvalue weighted by molar-refractivity contribution is 0.324. The van der Waals surface area contributed by atoms with Crippen LogP contribution >= 0.6 is 23.2 Å². The van der Waals surface area contributed by atoms with Crippen molar-refractivity contribution in [3.63, 3.8) is 0 Å². The molecule has 0 aliphatic carbocycles. The molecule has 5 nitrogen and oxygen atoms in total. The highest BCUT2D eigenvalue weighted by molar-refractivity contribution is 6.42. The first-order chi connectivity index (χ1) is 11.5.